The average molecular weight is 312 g/mol. The summed E-state index contributed by atoms with van der Waals surface area (Å²) in [4.78, 5) is 18.9. The fourth-order valence-electron chi connectivity index (χ4n) is 3.82. The first-order valence-corrected chi connectivity index (χ1v) is 8.04. The number of urea groups is 1. The topological polar surface area (TPSA) is 71.3 Å². The Bertz CT molecular complexity index is 724. The lowest BCUT2D eigenvalue weighted by atomic mass is 9.98. The molecular weight excluding hydrogens is 292 g/mol. The molecule has 23 heavy (non-hydrogen) atoms. The minimum absolute atomic E-state index is 0.0395. The molecule has 2 fully saturated rings. The van der Waals surface area contributed by atoms with Gasteiger partial charge in [0.2, 0.25) is 5.89 Å². The van der Waals surface area contributed by atoms with Gasteiger partial charge in [-0.1, -0.05) is 22.9 Å². The van der Waals surface area contributed by atoms with Crippen molar-refractivity contribution < 1.29 is 9.32 Å². The van der Waals surface area contributed by atoms with Crippen molar-refractivity contribution in [3.63, 3.8) is 0 Å². The van der Waals surface area contributed by atoms with Crippen molar-refractivity contribution in [1.29, 1.82) is 0 Å². The van der Waals surface area contributed by atoms with Crippen molar-refractivity contribution in [2.75, 3.05) is 11.9 Å². The van der Waals surface area contributed by atoms with Crippen LogP contribution in [-0.2, 0) is 0 Å². The first-order valence-electron chi connectivity index (χ1n) is 8.04. The van der Waals surface area contributed by atoms with E-state index >= 15 is 0 Å². The number of carbonyl (C=O) groups is 1. The van der Waals surface area contributed by atoms with Gasteiger partial charge in [-0.3, -0.25) is 0 Å². The summed E-state index contributed by atoms with van der Waals surface area (Å²) < 4.78 is 5.34. The SMILES string of the molecule is Cc1ccc(NC(=O)N2CC3CC(c4nc(C)no4)C2C3)cc1. The molecule has 2 amide bonds. The Morgan fingerprint density at radius 3 is 2.70 bits per heavy atom. The maximum atomic E-state index is 12.6. The summed E-state index contributed by atoms with van der Waals surface area (Å²) in [6, 6.07) is 7.97. The highest BCUT2D eigenvalue weighted by Crippen LogP contribution is 2.46. The summed E-state index contributed by atoms with van der Waals surface area (Å²) >= 11 is 0. The molecule has 2 aliphatic rings. The largest absolute Gasteiger partial charge is 0.339 e. The molecule has 2 bridgehead atoms. The van der Waals surface area contributed by atoms with Gasteiger partial charge in [0.25, 0.3) is 0 Å². The first kappa shape index (κ1) is 14.2. The molecule has 1 N–H and O–H groups in total. The number of hydrogen-bond acceptors (Lipinski definition) is 4. The van der Waals surface area contributed by atoms with Gasteiger partial charge in [0.15, 0.2) is 5.82 Å². The van der Waals surface area contributed by atoms with E-state index in [4.69, 9.17) is 4.52 Å². The number of piperidine rings is 1. The molecule has 2 aromatic rings. The lowest BCUT2D eigenvalue weighted by Gasteiger charge is -2.31. The Balaban J connectivity index is 1.49. The number of amides is 2. The third kappa shape index (κ3) is 2.58. The maximum absolute atomic E-state index is 12.6. The number of aromatic nitrogens is 2. The predicted octanol–water partition coefficient (Wildman–Crippen LogP) is 3.10. The van der Waals surface area contributed by atoms with E-state index in [1.807, 2.05) is 43.0 Å². The maximum Gasteiger partial charge on any atom is 0.322 e. The second-order valence-corrected chi connectivity index (χ2v) is 6.64. The molecule has 6 heteroatoms. The van der Waals surface area contributed by atoms with E-state index in [1.165, 1.54) is 5.56 Å². The van der Waals surface area contributed by atoms with Crippen molar-refractivity contribution in [3.8, 4) is 0 Å². The van der Waals surface area contributed by atoms with E-state index in [0.717, 1.165) is 25.1 Å². The zero-order chi connectivity index (χ0) is 16.0. The molecular formula is C17H20N4O2. The quantitative estimate of drug-likeness (QED) is 0.925. The number of hydrogen-bond donors (Lipinski definition) is 1. The summed E-state index contributed by atoms with van der Waals surface area (Å²) in [6.07, 6.45) is 2.05. The van der Waals surface area contributed by atoms with Gasteiger partial charge in [0.1, 0.15) is 0 Å². The zero-order valence-electron chi connectivity index (χ0n) is 13.3. The molecule has 0 radical (unpaired) electrons. The fourth-order valence-corrected chi connectivity index (χ4v) is 3.82. The first-order chi connectivity index (χ1) is 11.1. The minimum Gasteiger partial charge on any atom is -0.339 e. The van der Waals surface area contributed by atoms with Gasteiger partial charge in [-0.15, -0.1) is 0 Å². The number of nitrogens with zero attached hydrogens (tertiary/aromatic N) is 3. The molecule has 1 aromatic carbocycles. The zero-order valence-corrected chi connectivity index (χ0v) is 13.3. The number of carbonyl (C=O) groups excluding carboxylic acids is 1. The van der Waals surface area contributed by atoms with E-state index in [0.29, 0.717) is 17.6 Å². The van der Waals surface area contributed by atoms with Crippen LogP contribution in [0.3, 0.4) is 0 Å². The molecule has 1 aliphatic heterocycles. The third-order valence-electron chi connectivity index (χ3n) is 4.91. The Labute approximate surface area is 134 Å². The van der Waals surface area contributed by atoms with Gasteiger partial charge in [-0.2, -0.15) is 4.98 Å². The molecule has 0 spiro atoms. The third-order valence-corrected chi connectivity index (χ3v) is 4.91. The van der Waals surface area contributed by atoms with E-state index in [9.17, 15) is 4.79 Å². The predicted molar refractivity (Wildman–Crippen MR) is 85.2 cm³/mol. The van der Waals surface area contributed by atoms with Gasteiger partial charge in [-0.25, -0.2) is 4.79 Å². The summed E-state index contributed by atoms with van der Waals surface area (Å²) in [5, 5.41) is 6.88. The molecule has 1 aromatic heterocycles. The van der Waals surface area contributed by atoms with Gasteiger partial charge in [-0.05, 0) is 44.7 Å². The highest BCUT2D eigenvalue weighted by molar-refractivity contribution is 5.90. The van der Waals surface area contributed by atoms with Crippen LogP contribution >= 0.6 is 0 Å². The fraction of sp³-hybridized carbons (Fsp3) is 0.471. The van der Waals surface area contributed by atoms with Gasteiger partial charge in [0, 0.05) is 18.3 Å². The van der Waals surface area contributed by atoms with Crippen LogP contribution in [0.5, 0.6) is 0 Å². The average Bonchev–Trinajstić information content (AvgIpc) is 3.24. The van der Waals surface area contributed by atoms with E-state index in [-0.39, 0.29) is 18.0 Å². The molecule has 1 aliphatic carbocycles. The highest BCUT2D eigenvalue weighted by Gasteiger charge is 2.49. The normalized spacial score (nSPS) is 25.8. The van der Waals surface area contributed by atoms with E-state index in [2.05, 4.69) is 15.5 Å². The van der Waals surface area contributed by atoms with Crippen molar-refractivity contribution >= 4 is 11.7 Å². The second-order valence-electron chi connectivity index (χ2n) is 6.64. The Morgan fingerprint density at radius 2 is 2.04 bits per heavy atom. The van der Waals surface area contributed by atoms with Crippen molar-refractivity contribution in [3.05, 3.63) is 41.5 Å². The van der Waals surface area contributed by atoms with Crippen LogP contribution in [0.2, 0.25) is 0 Å². The number of anilines is 1. The van der Waals surface area contributed by atoms with E-state index in [1.54, 1.807) is 0 Å². The molecule has 4 rings (SSSR count). The molecule has 1 saturated carbocycles. The van der Waals surface area contributed by atoms with Crippen molar-refractivity contribution in [1.82, 2.24) is 15.0 Å². The van der Waals surface area contributed by atoms with Crippen LogP contribution in [0.1, 0.15) is 36.0 Å². The van der Waals surface area contributed by atoms with Gasteiger partial charge in [0.05, 0.1) is 5.92 Å². The summed E-state index contributed by atoms with van der Waals surface area (Å²) in [5.41, 5.74) is 2.00. The Kier molecular flexibility index (Phi) is 3.32. The van der Waals surface area contributed by atoms with Crippen LogP contribution in [0.15, 0.2) is 28.8 Å². The van der Waals surface area contributed by atoms with Crippen LogP contribution in [0, 0.1) is 19.8 Å². The minimum atomic E-state index is -0.0395. The van der Waals surface area contributed by atoms with Crippen LogP contribution in [-0.4, -0.2) is 33.7 Å². The number of nitrogens with one attached hydrogen (secondary N) is 1. The molecule has 2 heterocycles. The summed E-state index contributed by atoms with van der Waals surface area (Å²) in [5.74, 6) is 2.01. The van der Waals surface area contributed by atoms with Crippen molar-refractivity contribution in [2.45, 2.75) is 38.6 Å². The Hall–Kier alpha value is -2.37. The van der Waals surface area contributed by atoms with Crippen LogP contribution in [0.4, 0.5) is 10.5 Å². The lowest BCUT2D eigenvalue weighted by molar-refractivity contribution is 0.176. The monoisotopic (exact) mass is 312 g/mol. The number of benzene rings is 1. The number of likely N-dealkylation sites (tertiary alicyclic amines) is 1. The molecule has 6 nitrogen and oxygen atoms in total. The summed E-state index contributed by atoms with van der Waals surface area (Å²) in [6.45, 7) is 4.66. The van der Waals surface area contributed by atoms with Gasteiger partial charge < -0.3 is 14.7 Å². The second kappa shape index (κ2) is 5.37. The molecule has 1 saturated heterocycles. The molecule has 3 unspecified atom stereocenters. The van der Waals surface area contributed by atoms with Crippen molar-refractivity contribution in [2.24, 2.45) is 5.92 Å². The number of rotatable bonds is 2. The highest BCUT2D eigenvalue weighted by atomic mass is 16.5. The van der Waals surface area contributed by atoms with Crippen LogP contribution < -0.4 is 5.32 Å². The van der Waals surface area contributed by atoms with Gasteiger partial charge >= 0.3 is 6.03 Å². The summed E-state index contributed by atoms with van der Waals surface area (Å²) in [7, 11) is 0. The molecule has 120 valence electrons. The standard InChI is InChI=1S/C17H20N4O2/c1-10-3-5-13(6-4-10)19-17(22)21-9-12-7-14(15(21)8-12)16-18-11(2)20-23-16/h3-6,12,14-15H,7-9H2,1-2H3,(H,19,22). The Morgan fingerprint density at radius 1 is 1.26 bits per heavy atom. The number of fused-ring (bicyclic) bond motifs is 2. The molecule has 3 atom stereocenters. The van der Waals surface area contributed by atoms with E-state index < -0.39 is 0 Å². The smallest absolute Gasteiger partial charge is 0.322 e. The number of aryl methyl sites for hydroxylation is 2. The lowest BCUT2D eigenvalue weighted by Crippen LogP contribution is -2.43. The van der Waals surface area contributed by atoms with Crippen LogP contribution in [0.25, 0.3) is 0 Å².